The van der Waals surface area contributed by atoms with Gasteiger partial charge in [0.05, 0.1) is 12.3 Å². The molecule has 1 saturated heterocycles. The SMILES string of the molecule is CCOc1cc(F)c(Nc2cc(OC3CCN(C(=O)O)CC3)ncn2)cc1F. The van der Waals surface area contributed by atoms with Gasteiger partial charge in [0.15, 0.2) is 17.4 Å². The van der Waals surface area contributed by atoms with Gasteiger partial charge in [0.1, 0.15) is 18.2 Å². The topological polar surface area (TPSA) is 96.8 Å². The van der Waals surface area contributed by atoms with Crippen LogP contribution in [-0.4, -0.2) is 51.9 Å². The molecule has 0 unspecified atom stereocenters. The van der Waals surface area contributed by atoms with Crippen LogP contribution in [-0.2, 0) is 0 Å². The molecule has 10 heteroatoms. The van der Waals surface area contributed by atoms with Crippen molar-refractivity contribution in [2.45, 2.75) is 25.9 Å². The van der Waals surface area contributed by atoms with E-state index >= 15 is 0 Å². The second kappa shape index (κ2) is 8.68. The van der Waals surface area contributed by atoms with Crippen molar-refractivity contribution in [3.05, 3.63) is 36.2 Å². The molecule has 1 fully saturated rings. The first-order chi connectivity index (χ1) is 13.5. The number of benzene rings is 1. The number of carboxylic acid groups (broad SMARTS) is 1. The molecular weight excluding hydrogens is 374 g/mol. The molecule has 0 saturated carbocycles. The van der Waals surface area contributed by atoms with Gasteiger partial charge in [-0.05, 0) is 6.92 Å². The average Bonchev–Trinajstić information content (AvgIpc) is 2.67. The van der Waals surface area contributed by atoms with Gasteiger partial charge in [-0.2, -0.15) is 0 Å². The summed E-state index contributed by atoms with van der Waals surface area (Å²) in [4.78, 5) is 20.3. The highest BCUT2D eigenvalue weighted by molar-refractivity contribution is 5.65. The van der Waals surface area contributed by atoms with Crippen molar-refractivity contribution in [1.29, 1.82) is 0 Å². The van der Waals surface area contributed by atoms with E-state index in [2.05, 4.69) is 15.3 Å². The highest BCUT2D eigenvalue weighted by atomic mass is 19.1. The summed E-state index contributed by atoms with van der Waals surface area (Å²) in [7, 11) is 0. The first-order valence-electron chi connectivity index (χ1n) is 8.81. The quantitative estimate of drug-likeness (QED) is 0.775. The molecule has 0 radical (unpaired) electrons. The van der Waals surface area contributed by atoms with Gasteiger partial charge < -0.3 is 24.8 Å². The van der Waals surface area contributed by atoms with Crippen LogP contribution in [0.1, 0.15) is 19.8 Å². The molecule has 28 heavy (non-hydrogen) atoms. The van der Waals surface area contributed by atoms with Gasteiger partial charge in [-0.15, -0.1) is 0 Å². The normalized spacial score (nSPS) is 14.6. The van der Waals surface area contributed by atoms with Crippen molar-refractivity contribution in [3.63, 3.8) is 0 Å². The van der Waals surface area contributed by atoms with E-state index in [1.54, 1.807) is 6.92 Å². The second-order valence-corrected chi connectivity index (χ2v) is 6.15. The van der Waals surface area contributed by atoms with Gasteiger partial charge in [0, 0.05) is 44.1 Å². The maximum Gasteiger partial charge on any atom is 0.407 e. The van der Waals surface area contributed by atoms with Gasteiger partial charge in [-0.25, -0.2) is 23.5 Å². The Kier molecular flexibility index (Phi) is 6.07. The minimum absolute atomic E-state index is 0.0969. The molecule has 0 aliphatic carbocycles. The van der Waals surface area contributed by atoms with E-state index in [9.17, 15) is 13.6 Å². The molecule has 0 bridgehead atoms. The third-order valence-electron chi connectivity index (χ3n) is 4.23. The number of hydrogen-bond acceptors (Lipinski definition) is 6. The van der Waals surface area contributed by atoms with Crippen LogP contribution >= 0.6 is 0 Å². The van der Waals surface area contributed by atoms with Gasteiger partial charge in [0.25, 0.3) is 0 Å². The second-order valence-electron chi connectivity index (χ2n) is 6.15. The summed E-state index contributed by atoms with van der Waals surface area (Å²) in [6.07, 6.45) is 1.19. The lowest BCUT2D eigenvalue weighted by Crippen LogP contribution is -2.41. The first kappa shape index (κ1) is 19.6. The molecule has 150 valence electrons. The molecule has 1 aliphatic heterocycles. The van der Waals surface area contributed by atoms with E-state index in [4.69, 9.17) is 14.6 Å². The van der Waals surface area contributed by atoms with Crippen molar-refractivity contribution < 1.29 is 28.2 Å². The summed E-state index contributed by atoms with van der Waals surface area (Å²) in [5, 5.41) is 11.7. The zero-order valence-electron chi connectivity index (χ0n) is 15.2. The standard InChI is InChI=1S/C18H20F2N4O4/c1-2-27-15-8-12(19)14(7-13(15)20)23-16-9-17(22-10-21-16)28-11-3-5-24(6-4-11)18(25)26/h7-11H,2-6H2,1H3,(H,25,26)(H,21,22,23). The number of ether oxygens (including phenoxy) is 2. The lowest BCUT2D eigenvalue weighted by molar-refractivity contribution is 0.0870. The Hall–Kier alpha value is -3.17. The molecule has 2 N–H and O–H groups in total. The minimum atomic E-state index is -0.948. The Morgan fingerprint density at radius 3 is 2.68 bits per heavy atom. The van der Waals surface area contributed by atoms with E-state index in [1.807, 2.05) is 0 Å². The van der Waals surface area contributed by atoms with Gasteiger partial charge in [-0.3, -0.25) is 0 Å². The van der Waals surface area contributed by atoms with Crippen LogP contribution in [0.4, 0.5) is 25.1 Å². The smallest absolute Gasteiger partial charge is 0.407 e. The summed E-state index contributed by atoms with van der Waals surface area (Å²) in [6, 6.07) is 3.43. The van der Waals surface area contributed by atoms with Gasteiger partial charge in [-0.1, -0.05) is 0 Å². The molecule has 1 aliphatic rings. The third-order valence-corrected chi connectivity index (χ3v) is 4.23. The average molecular weight is 394 g/mol. The molecule has 8 nitrogen and oxygen atoms in total. The highest BCUT2D eigenvalue weighted by Crippen LogP contribution is 2.28. The number of piperidine rings is 1. The number of nitrogens with zero attached hydrogens (tertiary/aromatic N) is 3. The Bertz CT molecular complexity index is 844. The maximum atomic E-state index is 14.2. The number of likely N-dealkylation sites (tertiary alicyclic amines) is 1. The molecule has 1 aromatic carbocycles. The number of amides is 1. The number of rotatable bonds is 6. The molecular formula is C18H20F2N4O4. The Morgan fingerprint density at radius 2 is 2.00 bits per heavy atom. The van der Waals surface area contributed by atoms with Crippen LogP contribution in [0.3, 0.4) is 0 Å². The number of hydrogen-bond donors (Lipinski definition) is 2. The van der Waals surface area contributed by atoms with Crippen LogP contribution in [0.15, 0.2) is 24.5 Å². The minimum Gasteiger partial charge on any atom is -0.491 e. The van der Waals surface area contributed by atoms with Crippen LogP contribution in [0.2, 0.25) is 0 Å². The number of nitrogens with one attached hydrogen (secondary N) is 1. The van der Waals surface area contributed by atoms with Crippen LogP contribution in [0, 0.1) is 11.6 Å². The first-order valence-corrected chi connectivity index (χ1v) is 8.81. The molecule has 2 aromatic rings. The summed E-state index contributed by atoms with van der Waals surface area (Å²) >= 11 is 0. The van der Waals surface area contributed by atoms with E-state index in [-0.39, 0.29) is 35.8 Å². The van der Waals surface area contributed by atoms with Crippen LogP contribution < -0.4 is 14.8 Å². The molecule has 2 heterocycles. The molecule has 3 rings (SSSR count). The van der Waals surface area contributed by atoms with E-state index in [0.717, 1.165) is 12.1 Å². The van der Waals surface area contributed by atoms with Crippen molar-refractivity contribution in [2.24, 2.45) is 0 Å². The fourth-order valence-electron chi connectivity index (χ4n) is 2.84. The molecule has 1 aromatic heterocycles. The number of aromatic nitrogens is 2. The monoisotopic (exact) mass is 394 g/mol. The zero-order chi connectivity index (χ0) is 20.1. The lowest BCUT2D eigenvalue weighted by atomic mass is 10.1. The van der Waals surface area contributed by atoms with Crippen LogP contribution in [0.5, 0.6) is 11.6 Å². The molecule has 0 spiro atoms. The lowest BCUT2D eigenvalue weighted by Gasteiger charge is -2.29. The fraction of sp³-hybridized carbons (Fsp3) is 0.389. The summed E-state index contributed by atoms with van der Waals surface area (Å²) < 4.78 is 38.9. The summed E-state index contributed by atoms with van der Waals surface area (Å²) in [5.74, 6) is -1.05. The van der Waals surface area contributed by atoms with Crippen molar-refractivity contribution in [2.75, 3.05) is 25.0 Å². The Balaban J connectivity index is 1.66. The van der Waals surface area contributed by atoms with Crippen molar-refractivity contribution >= 4 is 17.6 Å². The predicted molar refractivity (Wildman–Crippen MR) is 96.1 cm³/mol. The molecule has 1 amide bonds. The molecule has 0 atom stereocenters. The van der Waals surface area contributed by atoms with Gasteiger partial charge >= 0.3 is 6.09 Å². The number of anilines is 2. The third kappa shape index (κ3) is 4.76. The number of carbonyl (C=O) groups is 1. The van der Waals surface area contributed by atoms with E-state index in [1.165, 1.54) is 17.3 Å². The Morgan fingerprint density at radius 1 is 1.25 bits per heavy atom. The van der Waals surface area contributed by atoms with Gasteiger partial charge in [0.2, 0.25) is 5.88 Å². The van der Waals surface area contributed by atoms with Crippen molar-refractivity contribution in [1.82, 2.24) is 14.9 Å². The summed E-state index contributed by atoms with van der Waals surface area (Å²) in [6.45, 7) is 2.66. The maximum absolute atomic E-state index is 14.2. The predicted octanol–water partition coefficient (Wildman–Crippen LogP) is 3.42. The largest absolute Gasteiger partial charge is 0.491 e. The van der Waals surface area contributed by atoms with Crippen LogP contribution in [0.25, 0.3) is 0 Å². The fourth-order valence-corrected chi connectivity index (χ4v) is 2.84. The van der Waals surface area contributed by atoms with E-state index in [0.29, 0.717) is 25.9 Å². The van der Waals surface area contributed by atoms with E-state index < -0.39 is 17.7 Å². The number of halogens is 2. The highest BCUT2D eigenvalue weighted by Gasteiger charge is 2.23. The summed E-state index contributed by atoms with van der Waals surface area (Å²) in [5.41, 5.74) is -0.0969. The Labute approximate surface area is 160 Å². The van der Waals surface area contributed by atoms with Crippen molar-refractivity contribution in [3.8, 4) is 11.6 Å². The zero-order valence-corrected chi connectivity index (χ0v) is 15.2.